The van der Waals surface area contributed by atoms with Gasteiger partial charge in [0.1, 0.15) is 17.3 Å². The van der Waals surface area contributed by atoms with E-state index in [4.69, 9.17) is 8.92 Å². The standard InChI is InChI=1S/C18H24N2O4S2/c1-18(10-23-26(2,21)22)9-8-13-15(18)14-16(19-11-20-17(14)25-13)24-12-6-4-3-5-7-12/h11-12H,3-10H2,1-2H3. The zero-order valence-electron chi connectivity index (χ0n) is 15.2. The summed E-state index contributed by atoms with van der Waals surface area (Å²) in [4.78, 5) is 11.0. The number of nitrogens with zero attached hydrogens (tertiary/aromatic N) is 2. The summed E-state index contributed by atoms with van der Waals surface area (Å²) in [6.45, 7) is 2.20. The lowest BCUT2D eigenvalue weighted by atomic mass is 9.84. The Morgan fingerprint density at radius 3 is 2.77 bits per heavy atom. The van der Waals surface area contributed by atoms with E-state index in [0.29, 0.717) is 5.88 Å². The Morgan fingerprint density at radius 1 is 1.27 bits per heavy atom. The van der Waals surface area contributed by atoms with Crippen LogP contribution >= 0.6 is 11.3 Å². The first-order valence-corrected chi connectivity index (χ1v) is 11.8. The number of hydrogen-bond donors (Lipinski definition) is 0. The van der Waals surface area contributed by atoms with Crippen LogP contribution in [0.3, 0.4) is 0 Å². The van der Waals surface area contributed by atoms with Gasteiger partial charge < -0.3 is 4.74 Å². The van der Waals surface area contributed by atoms with Crippen LogP contribution in [0.25, 0.3) is 10.2 Å². The summed E-state index contributed by atoms with van der Waals surface area (Å²) in [6.07, 6.45) is 10.4. The first-order valence-electron chi connectivity index (χ1n) is 9.14. The number of thiophene rings is 1. The van der Waals surface area contributed by atoms with E-state index in [-0.39, 0.29) is 18.1 Å². The zero-order valence-corrected chi connectivity index (χ0v) is 16.8. The molecule has 26 heavy (non-hydrogen) atoms. The molecule has 4 rings (SSSR count). The van der Waals surface area contributed by atoms with E-state index < -0.39 is 10.1 Å². The first kappa shape index (κ1) is 18.1. The quantitative estimate of drug-likeness (QED) is 0.719. The highest BCUT2D eigenvalue weighted by Gasteiger charge is 2.40. The van der Waals surface area contributed by atoms with Crippen LogP contribution in [0.15, 0.2) is 6.33 Å². The van der Waals surface area contributed by atoms with Crippen LogP contribution in [0.4, 0.5) is 0 Å². The maximum atomic E-state index is 11.5. The number of hydrogen-bond acceptors (Lipinski definition) is 7. The van der Waals surface area contributed by atoms with Crippen molar-refractivity contribution in [2.24, 2.45) is 0 Å². The van der Waals surface area contributed by atoms with Gasteiger partial charge in [-0.1, -0.05) is 13.3 Å². The summed E-state index contributed by atoms with van der Waals surface area (Å²) in [5, 5.41) is 0.954. The second-order valence-electron chi connectivity index (χ2n) is 7.66. The van der Waals surface area contributed by atoms with Gasteiger partial charge in [-0.05, 0) is 44.1 Å². The third-order valence-corrected chi connectivity index (χ3v) is 7.16. The van der Waals surface area contributed by atoms with Crippen molar-refractivity contribution in [1.82, 2.24) is 9.97 Å². The van der Waals surface area contributed by atoms with Crippen molar-refractivity contribution in [3.05, 3.63) is 16.8 Å². The van der Waals surface area contributed by atoms with Crippen molar-refractivity contribution in [2.45, 2.75) is 63.4 Å². The van der Waals surface area contributed by atoms with Crippen molar-refractivity contribution in [1.29, 1.82) is 0 Å². The highest BCUT2D eigenvalue weighted by Crippen LogP contribution is 2.49. The van der Waals surface area contributed by atoms with Crippen molar-refractivity contribution in [2.75, 3.05) is 12.9 Å². The van der Waals surface area contributed by atoms with Gasteiger partial charge in [0.05, 0.1) is 18.2 Å². The van der Waals surface area contributed by atoms with Crippen LogP contribution in [-0.2, 0) is 26.1 Å². The largest absolute Gasteiger partial charge is 0.474 e. The van der Waals surface area contributed by atoms with Crippen molar-refractivity contribution in [3.8, 4) is 5.88 Å². The van der Waals surface area contributed by atoms with Gasteiger partial charge in [0, 0.05) is 10.3 Å². The molecular formula is C18H24N2O4S2. The fourth-order valence-corrected chi connectivity index (χ4v) is 5.85. The molecule has 2 aromatic heterocycles. The Balaban J connectivity index is 1.72. The van der Waals surface area contributed by atoms with E-state index in [1.165, 1.54) is 24.1 Å². The van der Waals surface area contributed by atoms with Gasteiger partial charge in [-0.15, -0.1) is 11.3 Å². The molecule has 1 atom stereocenters. The van der Waals surface area contributed by atoms with E-state index in [1.54, 1.807) is 17.7 Å². The molecule has 2 aliphatic rings. The molecule has 0 spiro atoms. The number of aryl methyl sites for hydroxylation is 1. The maximum absolute atomic E-state index is 11.5. The number of rotatable bonds is 5. The molecule has 0 amide bonds. The lowest BCUT2D eigenvalue weighted by Gasteiger charge is -2.26. The second-order valence-corrected chi connectivity index (χ2v) is 10.4. The van der Waals surface area contributed by atoms with Crippen LogP contribution in [0.1, 0.15) is 55.9 Å². The molecule has 0 N–H and O–H groups in total. The van der Waals surface area contributed by atoms with Gasteiger partial charge in [-0.3, -0.25) is 4.18 Å². The van der Waals surface area contributed by atoms with Gasteiger partial charge in [-0.2, -0.15) is 8.42 Å². The monoisotopic (exact) mass is 396 g/mol. The van der Waals surface area contributed by atoms with Crippen molar-refractivity contribution >= 4 is 31.7 Å². The smallest absolute Gasteiger partial charge is 0.264 e. The SMILES string of the molecule is CC1(COS(C)(=O)=O)CCc2sc3ncnc(OC4CCCCC4)c3c21. The predicted octanol–water partition coefficient (Wildman–Crippen LogP) is 3.58. The topological polar surface area (TPSA) is 78.4 Å². The molecule has 1 saturated carbocycles. The molecule has 8 heteroatoms. The molecule has 0 aliphatic heterocycles. The predicted molar refractivity (Wildman–Crippen MR) is 101 cm³/mol. The molecule has 0 radical (unpaired) electrons. The Bertz CT molecular complexity index is 919. The Morgan fingerprint density at radius 2 is 2.04 bits per heavy atom. The minimum absolute atomic E-state index is 0.141. The normalized spacial score (nSPS) is 24.1. The molecule has 0 saturated heterocycles. The van der Waals surface area contributed by atoms with Crippen LogP contribution < -0.4 is 4.74 Å². The summed E-state index contributed by atoms with van der Waals surface area (Å²) >= 11 is 1.66. The molecule has 2 aliphatic carbocycles. The Labute approximate surface area is 158 Å². The number of aromatic nitrogens is 2. The zero-order chi connectivity index (χ0) is 18.4. The first-order chi connectivity index (χ1) is 12.4. The summed E-state index contributed by atoms with van der Waals surface area (Å²) in [5.74, 6) is 0.645. The van der Waals surface area contributed by atoms with Crippen LogP contribution in [-0.4, -0.2) is 37.4 Å². The average molecular weight is 397 g/mol. The van der Waals surface area contributed by atoms with Crippen LogP contribution in [0.2, 0.25) is 0 Å². The Hall–Kier alpha value is -1.25. The van der Waals surface area contributed by atoms with Crippen LogP contribution in [0, 0.1) is 0 Å². The average Bonchev–Trinajstić information content (AvgIpc) is 3.13. The molecular weight excluding hydrogens is 372 g/mol. The highest BCUT2D eigenvalue weighted by atomic mass is 32.2. The summed E-state index contributed by atoms with van der Waals surface area (Å²) in [7, 11) is -3.48. The molecule has 6 nitrogen and oxygen atoms in total. The third kappa shape index (κ3) is 3.46. The van der Waals surface area contributed by atoms with Gasteiger partial charge in [0.25, 0.3) is 10.1 Å². The van der Waals surface area contributed by atoms with Gasteiger partial charge >= 0.3 is 0 Å². The molecule has 2 aromatic rings. The maximum Gasteiger partial charge on any atom is 0.264 e. The van der Waals surface area contributed by atoms with Crippen molar-refractivity contribution < 1.29 is 17.3 Å². The lowest BCUT2D eigenvalue weighted by molar-refractivity contribution is 0.150. The van der Waals surface area contributed by atoms with Crippen molar-refractivity contribution in [3.63, 3.8) is 0 Å². The van der Waals surface area contributed by atoms with E-state index in [2.05, 4.69) is 16.9 Å². The minimum atomic E-state index is -3.48. The van der Waals surface area contributed by atoms with E-state index in [9.17, 15) is 8.42 Å². The van der Waals surface area contributed by atoms with E-state index >= 15 is 0 Å². The lowest BCUT2D eigenvalue weighted by Crippen LogP contribution is -2.27. The fraction of sp³-hybridized carbons (Fsp3) is 0.667. The van der Waals surface area contributed by atoms with E-state index in [0.717, 1.165) is 47.7 Å². The highest BCUT2D eigenvalue weighted by molar-refractivity contribution is 7.85. The minimum Gasteiger partial charge on any atom is -0.474 e. The molecule has 0 aromatic carbocycles. The second kappa shape index (κ2) is 6.73. The molecule has 142 valence electrons. The number of fused-ring (bicyclic) bond motifs is 3. The van der Waals surface area contributed by atoms with E-state index in [1.807, 2.05) is 0 Å². The summed E-state index contributed by atoms with van der Waals surface area (Å²) in [6, 6.07) is 0. The molecule has 0 bridgehead atoms. The molecule has 1 unspecified atom stereocenters. The molecule has 1 fully saturated rings. The van der Waals surface area contributed by atoms with Gasteiger partial charge in [0.2, 0.25) is 5.88 Å². The molecule has 2 heterocycles. The Kier molecular flexibility index (Phi) is 4.69. The van der Waals surface area contributed by atoms with Gasteiger partial charge in [0.15, 0.2) is 0 Å². The number of ether oxygens (including phenoxy) is 1. The third-order valence-electron chi connectivity index (χ3n) is 5.46. The summed E-state index contributed by atoms with van der Waals surface area (Å²) in [5.41, 5.74) is 0.749. The van der Waals surface area contributed by atoms with Crippen LogP contribution in [0.5, 0.6) is 5.88 Å². The van der Waals surface area contributed by atoms with Gasteiger partial charge in [-0.25, -0.2) is 9.97 Å². The fourth-order valence-electron chi connectivity index (χ4n) is 4.09. The summed E-state index contributed by atoms with van der Waals surface area (Å²) < 4.78 is 34.5.